The summed E-state index contributed by atoms with van der Waals surface area (Å²) in [5.41, 5.74) is 0. The van der Waals surface area contributed by atoms with Crippen molar-refractivity contribution in [2.75, 3.05) is 13.1 Å². The number of carbonyl (C=O) groups is 1. The molecule has 0 aromatic carbocycles. The molecule has 1 amide bonds. The van der Waals surface area contributed by atoms with E-state index >= 15 is 0 Å². The molecule has 5 nitrogen and oxygen atoms in total. The number of amides is 1. The van der Waals surface area contributed by atoms with Crippen LogP contribution in [0.5, 0.6) is 0 Å². The Labute approximate surface area is 103 Å². The third-order valence-corrected chi connectivity index (χ3v) is 3.76. The summed E-state index contributed by atoms with van der Waals surface area (Å²) in [7, 11) is 0. The van der Waals surface area contributed by atoms with Crippen molar-refractivity contribution in [2.45, 2.75) is 12.5 Å². The van der Waals surface area contributed by atoms with Gasteiger partial charge in [-0.3, -0.25) is 4.79 Å². The van der Waals surface area contributed by atoms with E-state index in [0.717, 1.165) is 18.0 Å². The highest BCUT2D eigenvalue weighted by molar-refractivity contribution is 7.10. The van der Waals surface area contributed by atoms with Crippen molar-refractivity contribution >= 4 is 17.2 Å². The summed E-state index contributed by atoms with van der Waals surface area (Å²) in [5, 5.41) is 10.2. The molecule has 3 heterocycles. The highest BCUT2D eigenvalue weighted by Gasteiger charge is 2.32. The van der Waals surface area contributed by atoms with Gasteiger partial charge in [0.25, 0.3) is 0 Å². The fourth-order valence-corrected chi connectivity index (χ4v) is 2.59. The monoisotopic (exact) mass is 248 g/mol. The number of likely N-dealkylation sites (tertiary alicyclic amines) is 1. The maximum Gasteiger partial charge on any atom is 0.227 e. The summed E-state index contributed by atoms with van der Waals surface area (Å²) in [6.45, 7) is 1.44. The van der Waals surface area contributed by atoms with E-state index in [1.165, 1.54) is 0 Å². The van der Waals surface area contributed by atoms with Crippen LogP contribution < -0.4 is 0 Å². The van der Waals surface area contributed by atoms with Crippen molar-refractivity contribution in [1.82, 2.24) is 19.9 Å². The Hall–Kier alpha value is -1.69. The topological polar surface area (TPSA) is 51.0 Å². The van der Waals surface area contributed by atoms with Crippen molar-refractivity contribution in [3.63, 3.8) is 0 Å². The van der Waals surface area contributed by atoms with E-state index in [9.17, 15) is 4.79 Å². The molecule has 0 aliphatic carbocycles. The second-order valence-corrected chi connectivity index (χ2v) is 5.09. The SMILES string of the molecule is O=C(Cc1cccs1)N1CC(n2nccn2)C1. The Balaban J connectivity index is 1.54. The van der Waals surface area contributed by atoms with Gasteiger partial charge in [0.1, 0.15) is 6.04 Å². The molecule has 0 spiro atoms. The number of thiophene rings is 1. The van der Waals surface area contributed by atoms with E-state index < -0.39 is 0 Å². The lowest BCUT2D eigenvalue weighted by Gasteiger charge is -2.38. The van der Waals surface area contributed by atoms with Gasteiger partial charge in [0.15, 0.2) is 0 Å². The minimum absolute atomic E-state index is 0.191. The maximum absolute atomic E-state index is 11.9. The number of carbonyl (C=O) groups excluding carboxylic acids is 1. The van der Waals surface area contributed by atoms with Crippen LogP contribution in [-0.2, 0) is 11.2 Å². The Kier molecular flexibility index (Phi) is 2.64. The molecule has 1 aliphatic heterocycles. The average Bonchev–Trinajstić information content (AvgIpc) is 2.87. The van der Waals surface area contributed by atoms with Gasteiger partial charge >= 0.3 is 0 Å². The lowest BCUT2D eigenvalue weighted by atomic mass is 10.1. The molecule has 1 fully saturated rings. The first kappa shape index (κ1) is 10.5. The zero-order valence-electron chi connectivity index (χ0n) is 9.19. The minimum atomic E-state index is 0.191. The Bertz CT molecular complexity index is 488. The predicted molar refractivity (Wildman–Crippen MR) is 63.7 cm³/mol. The second kappa shape index (κ2) is 4.29. The van der Waals surface area contributed by atoms with Crippen LogP contribution in [-0.4, -0.2) is 38.9 Å². The highest BCUT2D eigenvalue weighted by atomic mass is 32.1. The number of nitrogens with zero attached hydrogens (tertiary/aromatic N) is 4. The Morgan fingerprint density at radius 3 is 2.82 bits per heavy atom. The van der Waals surface area contributed by atoms with E-state index in [4.69, 9.17) is 0 Å². The largest absolute Gasteiger partial charge is 0.338 e. The average molecular weight is 248 g/mol. The van der Waals surface area contributed by atoms with Crippen molar-refractivity contribution in [3.05, 3.63) is 34.8 Å². The summed E-state index contributed by atoms with van der Waals surface area (Å²) in [6.07, 6.45) is 3.84. The van der Waals surface area contributed by atoms with Gasteiger partial charge in [-0.25, -0.2) is 0 Å². The van der Waals surface area contributed by atoms with Crippen LogP contribution >= 0.6 is 11.3 Å². The molecule has 17 heavy (non-hydrogen) atoms. The third-order valence-electron chi connectivity index (χ3n) is 2.88. The van der Waals surface area contributed by atoms with Crippen molar-refractivity contribution in [3.8, 4) is 0 Å². The van der Waals surface area contributed by atoms with E-state index in [1.54, 1.807) is 28.5 Å². The number of hydrogen-bond donors (Lipinski definition) is 0. The van der Waals surface area contributed by atoms with Crippen molar-refractivity contribution in [2.24, 2.45) is 0 Å². The third kappa shape index (κ3) is 2.08. The lowest BCUT2D eigenvalue weighted by molar-refractivity contribution is -0.136. The molecule has 0 radical (unpaired) electrons. The Morgan fingerprint density at radius 2 is 2.18 bits per heavy atom. The molecule has 2 aromatic heterocycles. The van der Waals surface area contributed by atoms with E-state index in [0.29, 0.717) is 6.42 Å². The van der Waals surface area contributed by atoms with Crippen LogP contribution in [0.25, 0.3) is 0 Å². The van der Waals surface area contributed by atoms with Gasteiger partial charge in [-0.05, 0) is 11.4 Å². The van der Waals surface area contributed by atoms with E-state index in [1.807, 2.05) is 22.4 Å². The molecule has 0 unspecified atom stereocenters. The first-order valence-electron chi connectivity index (χ1n) is 5.49. The van der Waals surface area contributed by atoms with Gasteiger partial charge in [-0.15, -0.1) is 11.3 Å². The van der Waals surface area contributed by atoms with Crippen LogP contribution in [0.2, 0.25) is 0 Å². The van der Waals surface area contributed by atoms with E-state index in [2.05, 4.69) is 10.2 Å². The lowest BCUT2D eigenvalue weighted by Crippen LogP contribution is -2.51. The highest BCUT2D eigenvalue weighted by Crippen LogP contribution is 2.21. The molecular weight excluding hydrogens is 236 g/mol. The summed E-state index contributed by atoms with van der Waals surface area (Å²) in [4.78, 5) is 16.5. The van der Waals surface area contributed by atoms with E-state index in [-0.39, 0.29) is 11.9 Å². The molecule has 6 heteroatoms. The first-order valence-corrected chi connectivity index (χ1v) is 6.37. The summed E-state index contributed by atoms with van der Waals surface area (Å²) >= 11 is 1.62. The van der Waals surface area contributed by atoms with Crippen LogP contribution in [0, 0.1) is 0 Å². The molecule has 3 rings (SSSR count). The summed E-state index contributed by atoms with van der Waals surface area (Å²) in [6, 6.07) is 4.21. The molecule has 0 bridgehead atoms. The van der Waals surface area contributed by atoms with Gasteiger partial charge in [-0.1, -0.05) is 6.07 Å². The van der Waals surface area contributed by atoms with Crippen LogP contribution in [0.15, 0.2) is 29.9 Å². The fraction of sp³-hybridized carbons (Fsp3) is 0.364. The molecular formula is C11H12N4OS. The van der Waals surface area contributed by atoms with Gasteiger partial charge < -0.3 is 4.90 Å². The van der Waals surface area contributed by atoms with Gasteiger partial charge in [-0.2, -0.15) is 15.0 Å². The molecule has 0 atom stereocenters. The van der Waals surface area contributed by atoms with Crippen molar-refractivity contribution < 1.29 is 4.79 Å². The van der Waals surface area contributed by atoms with Crippen molar-refractivity contribution in [1.29, 1.82) is 0 Å². The standard InChI is InChI=1S/C11H12N4OS/c16-11(6-10-2-1-5-17-10)14-7-9(8-14)15-12-3-4-13-15/h1-5,9H,6-8H2. The van der Waals surface area contributed by atoms with Crippen LogP contribution in [0.1, 0.15) is 10.9 Å². The number of rotatable bonds is 3. The zero-order chi connectivity index (χ0) is 11.7. The summed E-state index contributed by atoms with van der Waals surface area (Å²) in [5.74, 6) is 0.191. The fourth-order valence-electron chi connectivity index (χ4n) is 1.89. The molecule has 1 aliphatic rings. The second-order valence-electron chi connectivity index (χ2n) is 4.06. The molecule has 88 valence electrons. The van der Waals surface area contributed by atoms with Gasteiger partial charge in [0.2, 0.25) is 5.91 Å². The molecule has 2 aromatic rings. The molecule has 0 saturated carbocycles. The minimum Gasteiger partial charge on any atom is -0.338 e. The van der Waals surface area contributed by atoms with Gasteiger partial charge in [0, 0.05) is 18.0 Å². The molecule has 0 N–H and O–H groups in total. The smallest absolute Gasteiger partial charge is 0.227 e. The Morgan fingerprint density at radius 1 is 1.41 bits per heavy atom. The maximum atomic E-state index is 11.9. The quantitative estimate of drug-likeness (QED) is 0.813. The normalized spacial score (nSPS) is 15.9. The summed E-state index contributed by atoms with van der Waals surface area (Å²) < 4.78 is 0. The van der Waals surface area contributed by atoms with Crippen LogP contribution in [0.3, 0.4) is 0 Å². The van der Waals surface area contributed by atoms with Crippen LogP contribution in [0.4, 0.5) is 0 Å². The molecule has 1 saturated heterocycles. The number of aromatic nitrogens is 3. The zero-order valence-corrected chi connectivity index (χ0v) is 10.0. The number of hydrogen-bond acceptors (Lipinski definition) is 4. The first-order chi connectivity index (χ1) is 8.33. The predicted octanol–water partition coefficient (Wildman–Crippen LogP) is 0.966. The van der Waals surface area contributed by atoms with Gasteiger partial charge in [0.05, 0.1) is 18.8 Å².